The van der Waals surface area contributed by atoms with E-state index in [1.54, 1.807) is 12.1 Å². The van der Waals surface area contributed by atoms with Gasteiger partial charge in [0.15, 0.2) is 0 Å². The molecule has 0 spiro atoms. The molecule has 0 radical (unpaired) electrons. The Morgan fingerprint density at radius 3 is 2.65 bits per heavy atom. The van der Waals surface area contributed by atoms with Gasteiger partial charge in [-0.25, -0.2) is 4.79 Å². The van der Waals surface area contributed by atoms with Crippen molar-refractivity contribution in [1.29, 1.82) is 0 Å². The number of ether oxygens (including phenoxy) is 1. The Kier molecular flexibility index (Phi) is 6.96. The minimum Gasteiger partial charge on any atom is -0.508 e. The number of hydrogen-bond donors (Lipinski definition) is 2. The molecule has 0 aliphatic carbocycles. The fourth-order valence-electron chi connectivity index (χ4n) is 2.17. The summed E-state index contributed by atoms with van der Waals surface area (Å²) in [7, 11) is 1.30. The fraction of sp³-hybridized carbons (Fsp3) is 0.438. The van der Waals surface area contributed by atoms with Crippen molar-refractivity contribution in [3.05, 3.63) is 24.3 Å². The van der Waals surface area contributed by atoms with Crippen molar-refractivity contribution in [2.24, 2.45) is 5.92 Å². The summed E-state index contributed by atoms with van der Waals surface area (Å²) in [5.74, 6) is -0.645. The van der Waals surface area contributed by atoms with Crippen molar-refractivity contribution in [1.82, 2.24) is 25.5 Å². The number of thioether (sulfide) groups is 1. The minimum absolute atomic E-state index is 0.0429. The Morgan fingerprint density at radius 2 is 2.04 bits per heavy atom. The molecule has 26 heavy (non-hydrogen) atoms. The molecule has 1 aromatic carbocycles. The summed E-state index contributed by atoms with van der Waals surface area (Å²) < 4.78 is 6.22. The van der Waals surface area contributed by atoms with Gasteiger partial charge in [0, 0.05) is 0 Å². The van der Waals surface area contributed by atoms with E-state index >= 15 is 0 Å². The highest BCUT2D eigenvalue weighted by molar-refractivity contribution is 7.99. The molecule has 140 valence electrons. The number of phenols is 1. The van der Waals surface area contributed by atoms with Crippen molar-refractivity contribution in [3.8, 4) is 11.4 Å². The number of amides is 1. The van der Waals surface area contributed by atoms with Crippen molar-refractivity contribution in [3.63, 3.8) is 0 Å². The second-order valence-corrected chi connectivity index (χ2v) is 6.57. The third-order valence-corrected chi connectivity index (χ3v) is 4.77. The van der Waals surface area contributed by atoms with Crippen LogP contribution in [0.15, 0.2) is 29.4 Å². The van der Waals surface area contributed by atoms with Crippen molar-refractivity contribution >= 4 is 23.6 Å². The molecular formula is C16H21N5O4S. The molecule has 0 unspecified atom stereocenters. The van der Waals surface area contributed by atoms with Crippen molar-refractivity contribution in [2.45, 2.75) is 31.5 Å². The molecular weight excluding hydrogens is 358 g/mol. The average Bonchev–Trinajstić information content (AvgIpc) is 3.12. The molecule has 1 heterocycles. The van der Waals surface area contributed by atoms with Gasteiger partial charge in [-0.3, -0.25) is 4.79 Å². The second kappa shape index (κ2) is 9.18. The zero-order chi connectivity index (χ0) is 19.1. The normalized spacial score (nSPS) is 13.0. The van der Waals surface area contributed by atoms with Gasteiger partial charge in [0.05, 0.1) is 18.6 Å². The maximum absolute atomic E-state index is 12.2. The summed E-state index contributed by atoms with van der Waals surface area (Å²) in [6, 6.07) is 5.67. The molecule has 10 heteroatoms. The highest BCUT2D eigenvalue weighted by atomic mass is 32.2. The summed E-state index contributed by atoms with van der Waals surface area (Å²) in [5, 5.41) is 23.9. The third-order valence-electron chi connectivity index (χ3n) is 3.85. The first kappa shape index (κ1) is 19.7. The number of methoxy groups -OCH3 is 1. The Hall–Kier alpha value is -2.62. The molecule has 2 N–H and O–H groups in total. The Labute approximate surface area is 155 Å². The molecule has 0 fully saturated rings. The van der Waals surface area contributed by atoms with Crippen LogP contribution in [0.3, 0.4) is 0 Å². The van der Waals surface area contributed by atoms with Crippen LogP contribution in [-0.4, -0.2) is 56.1 Å². The van der Waals surface area contributed by atoms with Crippen LogP contribution >= 0.6 is 11.8 Å². The van der Waals surface area contributed by atoms with Crippen molar-refractivity contribution in [2.75, 3.05) is 12.9 Å². The Bertz CT molecular complexity index is 749. The lowest BCUT2D eigenvalue weighted by atomic mass is 9.99. The molecule has 1 amide bonds. The second-order valence-electron chi connectivity index (χ2n) is 5.63. The number of benzene rings is 1. The molecule has 2 aromatic rings. The van der Waals surface area contributed by atoms with Gasteiger partial charge in [-0.05, 0) is 40.6 Å². The van der Waals surface area contributed by atoms with Gasteiger partial charge >= 0.3 is 5.97 Å². The highest BCUT2D eigenvalue weighted by Gasteiger charge is 2.26. The Morgan fingerprint density at radius 1 is 1.35 bits per heavy atom. The lowest BCUT2D eigenvalue weighted by Gasteiger charge is -2.21. The van der Waals surface area contributed by atoms with Crippen LogP contribution in [-0.2, 0) is 14.3 Å². The first-order valence-electron chi connectivity index (χ1n) is 8.04. The molecule has 9 nitrogen and oxygen atoms in total. The van der Waals surface area contributed by atoms with Crippen LogP contribution < -0.4 is 5.32 Å². The van der Waals surface area contributed by atoms with Crippen LogP contribution in [0.25, 0.3) is 5.69 Å². The van der Waals surface area contributed by atoms with E-state index in [9.17, 15) is 14.7 Å². The first-order chi connectivity index (χ1) is 12.5. The summed E-state index contributed by atoms with van der Waals surface area (Å²) >= 11 is 1.14. The van der Waals surface area contributed by atoms with E-state index in [1.165, 1.54) is 23.9 Å². The fourth-order valence-corrected chi connectivity index (χ4v) is 2.87. The topological polar surface area (TPSA) is 119 Å². The number of rotatable bonds is 8. The standard InChI is InChI=1S/C16H21N5O4S/c1-4-10(2)14(15(24)25-3)17-13(23)9-26-16-18-19-20-21(16)11-5-7-12(22)8-6-11/h5-8,10,14,22H,4,9H2,1-3H3,(H,17,23)/t10-,14+/m1/s1. The van der Waals surface area contributed by atoms with Gasteiger partial charge in [0.25, 0.3) is 0 Å². The first-order valence-corrected chi connectivity index (χ1v) is 9.02. The smallest absolute Gasteiger partial charge is 0.328 e. The van der Waals surface area contributed by atoms with Crippen LogP contribution in [0.1, 0.15) is 20.3 Å². The summed E-state index contributed by atoms with van der Waals surface area (Å²) in [5.41, 5.74) is 0.655. The quantitative estimate of drug-likeness (QED) is 0.518. The number of carbonyl (C=O) groups excluding carboxylic acids is 2. The average molecular weight is 379 g/mol. The third kappa shape index (κ3) is 4.94. The molecule has 0 bridgehead atoms. The molecule has 2 atom stereocenters. The number of hydrogen-bond acceptors (Lipinski definition) is 8. The van der Waals surface area contributed by atoms with Crippen LogP contribution in [0.4, 0.5) is 0 Å². The molecule has 1 aromatic heterocycles. The van der Waals surface area contributed by atoms with E-state index in [-0.39, 0.29) is 23.3 Å². The number of aromatic nitrogens is 4. The zero-order valence-electron chi connectivity index (χ0n) is 14.7. The summed E-state index contributed by atoms with van der Waals surface area (Å²) in [6.45, 7) is 3.81. The lowest BCUT2D eigenvalue weighted by molar-refractivity contribution is -0.146. The van der Waals surface area contributed by atoms with Crippen LogP contribution in [0, 0.1) is 5.92 Å². The van der Waals surface area contributed by atoms with E-state index < -0.39 is 12.0 Å². The molecule has 0 saturated carbocycles. The van der Waals surface area contributed by atoms with Gasteiger partial charge in [-0.2, -0.15) is 4.68 Å². The van der Waals surface area contributed by atoms with Crippen molar-refractivity contribution < 1.29 is 19.4 Å². The SMILES string of the molecule is CC[C@@H](C)[C@H](NC(=O)CSc1nnnn1-c1ccc(O)cc1)C(=O)OC. The van der Waals surface area contributed by atoms with Gasteiger partial charge in [-0.15, -0.1) is 5.10 Å². The van der Waals surface area contributed by atoms with E-state index in [4.69, 9.17) is 4.74 Å². The number of aromatic hydroxyl groups is 1. The number of nitrogens with zero attached hydrogens (tertiary/aromatic N) is 4. The van der Waals surface area contributed by atoms with Gasteiger partial charge in [0.2, 0.25) is 11.1 Å². The number of tetrazole rings is 1. The largest absolute Gasteiger partial charge is 0.508 e. The van der Waals surface area contributed by atoms with Gasteiger partial charge < -0.3 is 15.2 Å². The maximum Gasteiger partial charge on any atom is 0.328 e. The zero-order valence-corrected chi connectivity index (χ0v) is 15.6. The minimum atomic E-state index is -0.689. The van der Waals surface area contributed by atoms with Crippen LogP contribution in [0.5, 0.6) is 5.75 Å². The molecule has 0 saturated heterocycles. The number of nitrogens with one attached hydrogen (secondary N) is 1. The molecule has 2 rings (SSSR count). The highest BCUT2D eigenvalue weighted by Crippen LogP contribution is 2.20. The van der Waals surface area contributed by atoms with Crippen LogP contribution in [0.2, 0.25) is 0 Å². The molecule has 0 aliphatic rings. The predicted octanol–water partition coefficient (Wildman–Crippen LogP) is 1.16. The number of phenolic OH excluding ortho intramolecular Hbond substituents is 1. The number of carbonyl (C=O) groups is 2. The molecule has 0 aliphatic heterocycles. The van der Waals surface area contributed by atoms with E-state index in [0.717, 1.165) is 18.2 Å². The van der Waals surface area contributed by atoms with Gasteiger partial charge in [0.1, 0.15) is 11.8 Å². The summed E-state index contributed by atoms with van der Waals surface area (Å²) in [6.07, 6.45) is 0.728. The van der Waals surface area contributed by atoms with E-state index in [1.807, 2.05) is 13.8 Å². The number of esters is 1. The van der Waals surface area contributed by atoms with E-state index in [2.05, 4.69) is 20.8 Å². The monoisotopic (exact) mass is 379 g/mol. The predicted molar refractivity (Wildman–Crippen MR) is 94.9 cm³/mol. The van der Waals surface area contributed by atoms with Gasteiger partial charge in [-0.1, -0.05) is 32.0 Å². The van der Waals surface area contributed by atoms with E-state index in [0.29, 0.717) is 10.8 Å². The lowest BCUT2D eigenvalue weighted by Crippen LogP contribution is -2.46. The maximum atomic E-state index is 12.2. The Balaban J connectivity index is 2.00. The summed E-state index contributed by atoms with van der Waals surface area (Å²) in [4.78, 5) is 24.1.